The predicted molar refractivity (Wildman–Crippen MR) is 101 cm³/mol. The molecule has 2 heterocycles. The van der Waals surface area contributed by atoms with Crippen LogP contribution in [0.25, 0.3) is 0 Å². The van der Waals surface area contributed by atoms with Crippen molar-refractivity contribution in [2.45, 2.75) is 5.92 Å². The van der Waals surface area contributed by atoms with Crippen LogP contribution in [-0.4, -0.2) is 49.0 Å². The fourth-order valence-corrected chi connectivity index (χ4v) is 3.08. The highest BCUT2D eigenvalue weighted by molar-refractivity contribution is 5.85. The van der Waals surface area contributed by atoms with E-state index in [1.165, 1.54) is 0 Å². The first kappa shape index (κ1) is 20.1. The van der Waals surface area contributed by atoms with E-state index >= 15 is 0 Å². The van der Waals surface area contributed by atoms with E-state index < -0.39 is 0 Å². The van der Waals surface area contributed by atoms with Crippen LogP contribution < -0.4 is 20.1 Å². The van der Waals surface area contributed by atoms with Gasteiger partial charge in [-0.3, -0.25) is 9.48 Å². The Morgan fingerprint density at radius 3 is 2.69 bits per heavy atom. The number of aryl methyl sites for hydroxylation is 1. The number of nitrogens with one attached hydrogen (secondary N) is 2. The number of aromatic nitrogens is 2. The average Bonchev–Trinajstić information content (AvgIpc) is 3.27. The number of methoxy groups -OCH3 is 1. The fourth-order valence-electron chi connectivity index (χ4n) is 3.08. The number of carbonyl (C=O) groups excluding carboxylic acids is 1. The van der Waals surface area contributed by atoms with Gasteiger partial charge in [0.15, 0.2) is 0 Å². The lowest BCUT2D eigenvalue weighted by Crippen LogP contribution is -2.36. The van der Waals surface area contributed by atoms with E-state index in [0.29, 0.717) is 19.7 Å². The van der Waals surface area contributed by atoms with Gasteiger partial charge in [0.2, 0.25) is 5.91 Å². The van der Waals surface area contributed by atoms with Gasteiger partial charge in [0.05, 0.1) is 25.8 Å². The van der Waals surface area contributed by atoms with Crippen LogP contribution in [0.4, 0.5) is 0 Å². The molecule has 3 rings (SSSR count). The molecule has 0 saturated carbocycles. The molecule has 2 atom stereocenters. The summed E-state index contributed by atoms with van der Waals surface area (Å²) in [6, 6.07) is 7.38. The Morgan fingerprint density at radius 2 is 2.04 bits per heavy atom. The van der Waals surface area contributed by atoms with Crippen molar-refractivity contribution in [1.29, 1.82) is 0 Å². The molecule has 0 spiro atoms. The number of rotatable bonds is 7. The van der Waals surface area contributed by atoms with Crippen LogP contribution in [0.5, 0.6) is 11.5 Å². The molecular formula is C18H25ClN4O3. The lowest BCUT2D eigenvalue weighted by molar-refractivity contribution is -0.124. The van der Waals surface area contributed by atoms with E-state index in [4.69, 9.17) is 9.47 Å². The van der Waals surface area contributed by atoms with Gasteiger partial charge < -0.3 is 20.1 Å². The molecule has 0 radical (unpaired) electrons. The molecule has 0 unspecified atom stereocenters. The van der Waals surface area contributed by atoms with E-state index in [9.17, 15) is 4.79 Å². The summed E-state index contributed by atoms with van der Waals surface area (Å²) in [5.41, 5.74) is 1.10. The number of hydrogen-bond acceptors (Lipinski definition) is 5. The van der Waals surface area contributed by atoms with Crippen LogP contribution in [0.15, 0.2) is 36.7 Å². The smallest absolute Gasteiger partial charge is 0.225 e. The fraction of sp³-hybridized carbons (Fsp3) is 0.444. The summed E-state index contributed by atoms with van der Waals surface area (Å²) in [6.45, 7) is 2.38. The lowest BCUT2D eigenvalue weighted by atomic mass is 9.90. The van der Waals surface area contributed by atoms with Gasteiger partial charge in [-0.15, -0.1) is 12.4 Å². The molecule has 1 aromatic carbocycles. The zero-order valence-corrected chi connectivity index (χ0v) is 15.8. The Morgan fingerprint density at radius 1 is 1.31 bits per heavy atom. The van der Waals surface area contributed by atoms with Crippen LogP contribution in [0.2, 0.25) is 0 Å². The third kappa shape index (κ3) is 4.89. The van der Waals surface area contributed by atoms with Crippen molar-refractivity contribution < 1.29 is 14.3 Å². The Kier molecular flexibility index (Phi) is 7.29. The second kappa shape index (κ2) is 9.45. The summed E-state index contributed by atoms with van der Waals surface area (Å²) < 4.78 is 12.5. The number of halogens is 1. The third-order valence-corrected chi connectivity index (χ3v) is 4.43. The molecule has 8 heteroatoms. The lowest BCUT2D eigenvalue weighted by Gasteiger charge is -2.17. The van der Waals surface area contributed by atoms with Gasteiger partial charge in [-0.25, -0.2) is 0 Å². The highest BCUT2D eigenvalue weighted by atomic mass is 35.5. The molecule has 1 amide bonds. The monoisotopic (exact) mass is 380 g/mol. The van der Waals surface area contributed by atoms with Crippen LogP contribution in [0.3, 0.4) is 0 Å². The van der Waals surface area contributed by atoms with Crippen molar-refractivity contribution in [3.8, 4) is 11.5 Å². The maximum absolute atomic E-state index is 12.5. The van der Waals surface area contributed by atoms with Gasteiger partial charge in [-0.05, 0) is 29.8 Å². The van der Waals surface area contributed by atoms with Crippen molar-refractivity contribution in [3.05, 3.63) is 42.2 Å². The SMILES string of the molecule is COc1ccc(OCCNC(=O)[C@H]2CNC[C@@H]2c2cnn(C)c2)cc1.Cl. The van der Waals surface area contributed by atoms with E-state index in [2.05, 4.69) is 15.7 Å². The number of ether oxygens (including phenoxy) is 2. The summed E-state index contributed by atoms with van der Waals surface area (Å²) in [5.74, 6) is 1.68. The summed E-state index contributed by atoms with van der Waals surface area (Å²) in [4.78, 5) is 12.5. The average molecular weight is 381 g/mol. The van der Waals surface area contributed by atoms with E-state index in [0.717, 1.165) is 23.6 Å². The number of hydrogen-bond donors (Lipinski definition) is 2. The molecule has 0 aliphatic carbocycles. The molecule has 1 fully saturated rings. The van der Waals surface area contributed by atoms with Gasteiger partial charge in [-0.1, -0.05) is 0 Å². The maximum Gasteiger partial charge on any atom is 0.225 e. The molecular weight excluding hydrogens is 356 g/mol. The van der Waals surface area contributed by atoms with E-state index in [1.807, 2.05) is 43.7 Å². The standard InChI is InChI=1S/C18H24N4O3.ClH/c1-22-12-13(9-21-22)16-10-19-11-17(16)18(23)20-7-8-25-15-5-3-14(24-2)4-6-15;/h3-6,9,12,16-17,19H,7-8,10-11H2,1-2H3,(H,20,23);1H/t16-,17+;/m1./s1. The van der Waals surface area contributed by atoms with E-state index in [1.54, 1.807) is 11.8 Å². The van der Waals surface area contributed by atoms with Crippen molar-refractivity contribution >= 4 is 18.3 Å². The van der Waals surface area contributed by atoms with Crippen molar-refractivity contribution in [3.63, 3.8) is 0 Å². The molecule has 1 aliphatic heterocycles. The Labute approximate surface area is 159 Å². The topological polar surface area (TPSA) is 77.4 Å². The second-order valence-corrected chi connectivity index (χ2v) is 6.13. The highest BCUT2D eigenvalue weighted by Gasteiger charge is 2.34. The Hall–Kier alpha value is -2.25. The van der Waals surface area contributed by atoms with Gasteiger partial charge >= 0.3 is 0 Å². The molecule has 1 aliphatic rings. The second-order valence-electron chi connectivity index (χ2n) is 6.13. The van der Waals surface area contributed by atoms with Gasteiger partial charge in [-0.2, -0.15) is 5.10 Å². The number of nitrogens with zero attached hydrogens (tertiary/aromatic N) is 2. The van der Waals surface area contributed by atoms with E-state index in [-0.39, 0.29) is 30.2 Å². The zero-order valence-electron chi connectivity index (χ0n) is 15.0. The molecule has 142 valence electrons. The number of benzene rings is 1. The molecule has 2 aromatic rings. The van der Waals surface area contributed by atoms with Gasteiger partial charge in [0, 0.05) is 32.3 Å². The third-order valence-electron chi connectivity index (χ3n) is 4.43. The van der Waals surface area contributed by atoms with Crippen molar-refractivity contribution in [1.82, 2.24) is 20.4 Å². The summed E-state index contributed by atoms with van der Waals surface area (Å²) in [5, 5.41) is 10.5. The zero-order chi connectivity index (χ0) is 17.6. The largest absolute Gasteiger partial charge is 0.497 e. The van der Waals surface area contributed by atoms with Crippen LogP contribution in [0, 0.1) is 5.92 Å². The quantitative estimate of drug-likeness (QED) is 0.709. The first-order chi connectivity index (χ1) is 12.2. The summed E-state index contributed by atoms with van der Waals surface area (Å²) in [6.07, 6.45) is 3.81. The predicted octanol–water partition coefficient (Wildman–Crippen LogP) is 1.35. The first-order valence-corrected chi connectivity index (χ1v) is 8.41. The molecule has 1 aromatic heterocycles. The number of carbonyl (C=O) groups is 1. The van der Waals surface area contributed by atoms with Crippen LogP contribution in [-0.2, 0) is 11.8 Å². The number of amides is 1. The minimum atomic E-state index is -0.0785. The highest BCUT2D eigenvalue weighted by Crippen LogP contribution is 2.27. The molecule has 2 N–H and O–H groups in total. The molecule has 26 heavy (non-hydrogen) atoms. The minimum absolute atomic E-state index is 0. The summed E-state index contributed by atoms with van der Waals surface area (Å²) in [7, 11) is 3.51. The molecule has 7 nitrogen and oxygen atoms in total. The Bertz CT molecular complexity index is 705. The summed E-state index contributed by atoms with van der Waals surface area (Å²) >= 11 is 0. The van der Waals surface area contributed by atoms with Crippen LogP contribution in [0.1, 0.15) is 11.5 Å². The minimum Gasteiger partial charge on any atom is -0.497 e. The maximum atomic E-state index is 12.5. The molecule has 0 bridgehead atoms. The van der Waals surface area contributed by atoms with Crippen molar-refractivity contribution in [2.24, 2.45) is 13.0 Å². The normalized spacial score (nSPS) is 18.8. The first-order valence-electron chi connectivity index (χ1n) is 8.41. The van der Waals surface area contributed by atoms with Gasteiger partial charge in [0.1, 0.15) is 18.1 Å². The Balaban J connectivity index is 0.00000243. The van der Waals surface area contributed by atoms with Crippen molar-refractivity contribution in [2.75, 3.05) is 33.4 Å². The molecule has 1 saturated heterocycles. The van der Waals surface area contributed by atoms with Crippen LogP contribution >= 0.6 is 12.4 Å². The van der Waals surface area contributed by atoms with Gasteiger partial charge in [0.25, 0.3) is 0 Å².